The first-order valence-corrected chi connectivity index (χ1v) is 10.8. The van der Waals surface area contributed by atoms with E-state index in [-0.39, 0.29) is 11.7 Å². The second-order valence-corrected chi connectivity index (χ2v) is 8.46. The van der Waals surface area contributed by atoms with Gasteiger partial charge in [0.2, 0.25) is 11.9 Å². The minimum Gasteiger partial charge on any atom is -0.351 e. The molecular weight excluding hydrogens is 422 g/mol. The van der Waals surface area contributed by atoms with Crippen LogP contribution in [0.4, 0.5) is 16.7 Å². The van der Waals surface area contributed by atoms with Gasteiger partial charge in [-0.25, -0.2) is 4.79 Å². The van der Waals surface area contributed by atoms with Gasteiger partial charge in [0.05, 0.1) is 12.2 Å². The number of aromatic nitrogens is 4. The first-order chi connectivity index (χ1) is 16.0. The highest BCUT2D eigenvalue weighted by atomic mass is 16.2. The molecule has 1 aliphatic heterocycles. The van der Waals surface area contributed by atoms with Crippen LogP contribution in [0.5, 0.6) is 0 Å². The van der Waals surface area contributed by atoms with Crippen LogP contribution in [0.3, 0.4) is 0 Å². The number of carbonyl (C=O) groups is 2. The number of nitrogens with zero attached hydrogens (tertiary/aromatic N) is 5. The minimum absolute atomic E-state index is 0.0398. The Labute approximate surface area is 190 Å². The molecule has 2 aromatic heterocycles. The van der Waals surface area contributed by atoms with Gasteiger partial charge in [0, 0.05) is 18.2 Å². The van der Waals surface area contributed by atoms with Gasteiger partial charge in [0.25, 0.3) is 5.91 Å². The number of hydrogen-bond acceptors (Lipinski definition) is 8. The van der Waals surface area contributed by atoms with Crippen molar-refractivity contribution in [3.05, 3.63) is 53.4 Å². The number of likely N-dealkylation sites (N-methyl/N-ethyl adjacent to an activating group) is 1. The lowest BCUT2D eigenvalue weighted by atomic mass is 10.1. The number of fused-ring (bicyclic) bond motifs is 1. The first-order valence-electron chi connectivity index (χ1n) is 10.8. The van der Waals surface area contributed by atoms with Gasteiger partial charge in [0.15, 0.2) is 5.65 Å². The molecule has 1 saturated carbocycles. The number of anilines is 2. The lowest BCUT2D eigenvalue weighted by molar-refractivity contribution is -0.115. The third-order valence-electron chi connectivity index (χ3n) is 5.38. The Morgan fingerprint density at radius 2 is 1.97 bits per heavy atom. The van der Waals surface area contributed by atoms with Gasteiger partial charge in [-0.1, -0.05) is 30.3 Å². The van der Waals surface area contributed by atoms with Crippen molar-refractivity contribution in [1.82, 2.24) is 35.1 Å². The van der Waals surface area contributed by atoms with Crippen molar-refractivity contribution >= 4 is 35.6 Å². The summed E-state index contributed by atoms with van der Waals surface area (Å²) in [5.74, 6) is 0.533. The highest BCUT2D eigenvalue weighted by Gasteiger charge is 2.26. The molecule has 33 heavy (non-hydrogen) atoms. The number of nitrogens with one attached hydrogen (secondary N) is 4. The van der Waals surface area contributed by atoms with E-state index < -0.39 is 11.9 Å². The van der Waals surface area contributed by atoms with Gasteiger partial charge >= 0.3 is 6.03 Å². The summed E-state index contributed by atoms with van der Waals surface area (Å²) in [7, 11) is 4.04. The lowest BCUT2D eigenvalue weighted by Gasteiger charge is -2.23. The summed E-state index contributed by atoms with van der Waals surface area (Å²) >= 11 is 0. The van der Waals surface area contributed by atoms with E-state index in [2.05, 4.69) is 43.4 Å². The molecular formula is C22H25N9O2. The van der Waals surface area contributed by atoms with E-state index in [1.54, 1.807) is 16.8 Å². The fraction of sp³-hybridized carbons (Fsp3) is 0.318. The van der Waals surface area contributed by atoms with Crippen LogP contribution in [0, 0.1) is 0 Å². The van der Waals surface area contributed by atoms with Gasteiger partial charge in [-0.15, -0.1) is 0 Å². The van der Waals surface area contributed by atoms with Crippen LogP contribution in [0.1, 0.15) is 30.0 Å². The number of imide groups is 1. The highest BCUT2D eigenvalue weighted by molar-refractivity contribution is 6.14. The van der Waals surface area contributed by atoms with Crippen molar-refractivity contribution in [3.8, 4) is 0 Å². The Kier molecular flexibility index (Phi) is 5.38. The van der Waals surface area contributed by atoms with Crippen LogP contribution in [0.25, 0.3) is 11.7 Å². The van der Waals surface area contributed by atoms with Crippen molar-refractivity contribution in [2.75, 3.05) is 31.3 Å². The molecule has 11 heteroatoms. The molecule has 3 heterocycles. The molecule has 1 aliphatic carbocycles. The molecule has 0 bridgehead atoms. The molecule has 1 saturated heterocycles. The number of carbonyl (C=O) groups excluding carboxylic acids is 2. The van der Waals surface area contributed by atoms with E-state index in [0.29, 0.717) is 29.1 Å². The van der Waals surface area contributed by atoms with Gasteiger partial charge in [0.1, 0.15) is 5.70 Å². The van der Waals surface area contributed by atoms with Gasteiger partial charge in [-0.3, -0.25) is 10.1 Å². The van der Waals surface area contributed by atoms with Crippen LogP contribution >= 0.6 is 0 Å². The zero-order valence-corrected chi connectivity index (χ0v) is 18.4. The summed E-state index contributed by atoms with van der Waals surface area (Å²) in [4.78, 5) is 35.0. The largest absolute Gasteiger partial charge is 0.351 e. The van der Waals surface area contributed by atoms with Crippen molar-refractivity contribution in [2.24, 2.45) is 0 Å². The summed E-state index contributed by atoms with van der Waals surface area (Å²) in [5, 5.41) is 16.0. The Morgan fingerprint density at radius 3 is 2.64 bits per heavy atom. The fourth-order valence-corrected chi connectivity index (χ4v) is 3.64. The van der Waals surface area contributed by atoms with E-state index in [9.17, 15) is 9.59 Å². The molecule has 4 N–H and O–H groups in total. The zero-order valence-electron chi connectivity index (χ0n) is 18.4. The van der Waals surface area contributed by atoms with Crippen LogP contribution in [0.2, 0.25) is 0 Å². The van der Waals surface area contributed by atoms with Crippen molar-refractivity contribution in [1.29, 1.82) is 0 Å². The summed E-state index contributed by atoms with van der Waals surface area (Å²) in [6, 6.07) is 9.90. The van der Waals surface area contributed by atoms with E-state index in [1.807, 2.05) is 32.3 Å². The molecule has 3 aromatic rings. The number of amides is 3. The summed E-state index contributed by atoms with van der Waals surface area (Å²) in [6.45, 7) is 0.742. The minimum atomic E-state index is -0.551. The summed E-state index contributed by atoms with van der Waals surface area (Å²) in [5.41, 5.74) is 2.38. The predicted molar refractivity (Wildman–Crippen MR) is 123 cm³/mol. The summed E-state index contributed by atoms with van der Waals surface area (Å²) in [6.07, 6.45) is 5.32. The lowest BCUT2D eigenvalue weighted by Crippen LogP contribution is -2.26. The smallest absolute Gasteiger partial charge is 0.326 e. The SMILES string of the molecule is CN(C)CC(Nc1nc(NC2CC2)n2ncc(/C=C3\NC(=O)NC3=O)c2n1)c1ccccc1. The van der Waals surface area contributed by atoms with Crippen molar-refractivity contribution in [3.63, 3.8) is 0 Å². The molecule has 2 aliphatic rings. The number of benzene rings is 1. The summed E-state index contributed by atoms with van der Waals surface area (Å²) < 4.78 is 1.62. The van der Waals surface area contributed by atoms with E-state index in [4.69, 9.17) is 9.97 Å². The highest BCUT2D eigenvalue weighted by Crippen LogP contribution is 2.27. The molecule has 11 nitrogen and oxygen atoms in total. The van der Waals surface area contributed by atoms with Crippen LogP contribution < -0.4 is 21.3 Å². The average Bonchev–Trinajstić information content (AvgIpc) is 3.42. The molecule has 3 amide bonds. The Bertz CT molecular complexity index is 1230. The zero-order chi connectivity index (χ0) is 22.9. The molecule has 1 unspecified atom stereocenters. The topological polar surface area (TPSA) is 129 Å². The second kappa shape index (κ2) is 8.51. The number of hydrogen-bond donors (Lipinski definition) is 4. The van der Waals surface area contributed by atoms with E-state index in [1.165, 1.54) is 0 Å². The van der Waals surface area contributed by atoms with E-state index in [0.717, 1.165) is 24.9 Å². The standard InChI is InChI=1S/C22H25N9O2/c1-30(2)12-17(13-6-4-3-5-7-13)25-20-27-18-14(10-16-19(32)28-22(33)26-16)11-23-31(18)21(29-20)24-15-8-9-15/h3-7,10-11,15,17H,8-9,12H2,1-2H3,(H2,24,25,27,29)(H2,26,28,32,33)/b16-10-. The maximum Gasteiger partial charge on any atom is 0.326 e. The normalized spacial score (nSPS) is 18.0. The Hall–Kier alpha value is -3.99. The molecule has 1 aromatic carbocycles. The predicted octanol–water partition coefficient (Wildman–Crippen LogP) is 1.59. The maximum atomic E-state index is 12.0. The van der Waals surface area contributed by atoms with Crippen LogP contribution in [-0.4, -0.2) is 63.1 Å². The van der Waals surface area contributed by atoms with Crippen LogP contribution in [0.15, 0.2) is 42.2 Å². The molecule has 2 fully saturated rings. The molecule has 170 valence electrons. The maximum absolute atomic E-state index is 12.0. The third-order valence-corrected chi connectivity index (χ3v) is 5.38. The monoisotopic (exact) mass is 447 g/mol. The van der Waals surface area contributed by atoms with Crippen molar-refractivity contribution in [2.45, 2.75) is 24.9 Å². The molecule has 0 spiro atoms. The molecule has 0 radical (unpaired) electrons. The fourth-order valence-electron chi connectivity index (χ4n) is 3.64. The van der Waals surface area contributed by atoms with Gasteiger partial charge < -0.3 is 20.9 Å². The number of urea groups is 1. The number of rotatable bonds is 8. The van der Waals surface area contributed by atoms with E-state index >= 15 is 0 Å². The Balaban J connectivity index is 1.54. The Morgan fingerprint density at radius 1 is 1.18 bits per heavy atom. The average molecular weight is 448 g/mol. The van der Waals surface area contributed by atoms with Crippen molar-refractivity contribution < 1.29 is 9.59 Å². The third kappa shape index (κ3) is 4.62. The van der Waals surface area contributed by atoms with Crippen LogP contribution in [-0.2, 0) is 4.79 Å². The second-order valence-electron chi connectivity index (χ2n) is 8.46. The molecule has 5 rings (SSSR count). The van der Waals surface area contributed by atoms with Gasteiger partial charge in [-0.2, -0.15) is 19.6 Å². The quantitative estimate of drug-likeness (QED) is 0.303. The van der Waals surface area contributed by atoms with Gasteiger partial charge in [-0.05, 0) is 38.6 Å². The first kappa shape index (κ1) is 20.9. The molecule has 1 atom stereocenters.